The minimum Gasteiger partial charge on any atom is -0.353 e. The maximum Gasteiger partial charge on any atom is 0.157 e. The minimum atomic E-state index is 0.106. The number of unbranched alkanes of at least 4 members (excludes halogenated alkanes) is 5. The zero-order chi connectivity index (χ0) is 10.8. The molecule has 0 N–H and O–H groups in total. The van der Waals surface area contributed by atoms with Crippen molar-refractivity contribution in [3.63, 3.8) is 0 Å². The molecule has 0 aromatic heterocycles. The summed E-state index contributed by atoms with van der Waals surface area (Å²) >= 11 is 0. The smallest absolute Gasteiger partial charge is 0.157 e. The number of rotatable bonds is 8. The lowest BCUT2D eigenvalue weighted by atomic mass is 10.1. The normalized spacial score (nSPS) is 21.8. The summed E-state index contributed by atoms with van der Waals surface area (Å²) in [5, 5.41) is 0. The molecule has 2 nitrogen and oxygen atoms in total. The van der Waals surface area contributed by atoms with Gasteiger partial charge in [-0.3, -0.25) is 0 Å². The molecule has 1 rings (SSSR count). The topological polar surface area (TPSA) is 18.5 Å². The summed E-state index contributed by atoms with van der Waals surface area (Å²) in [4.78, 5) is 0. The standard InChI is InChI=1S/C13H26O2/c1-2-3-4-5-6-8-11-14-13-10-7-9-12-15-13/h13H,2-12H2,1H3/t13-/m0/s1. The highest BCUT2D eigenvalue weighted by molar-refractivity contribution is 4.54. The molecule has 0 bridgehead atoms. The van der Waals surface area contributed by atoms with Crippen LogP contribution in [0.15, 0.2) is 0 Å². The molecule has 1 aliphatic rings. The maximum atomic E-state index is 5.67. The Hall–Kier alpha value is -0.0800. The van der Waals surface area contributed by atoms with Crippen LogP contribution in [0.25, 0.3) is 0 Å². The van der Waals surface area contributed by atoms with Crippen molar-refractivity contribution >= 4 is 0 Å². The fraction of sp³-hybridized carbons (Fsp3) is 1.00. The van der Waals surface area contributed by atoms with Crippen LogP contribution in [-0.4, -0.2) is 19.5 Å². The van der Waals surface area contributed by atoms with E-state index in [1.54, 1.807) is 0 Å². The Morgan fingerprint density at radius 3 is 2.60 bits per heavy atom. The predicted octanol–water partition coefficient (Wildman–Crippen LogP) is 3.89. The fourth-order valence-electron chi connectivity index (χ4n) is 1.94. The zero-order valence-corrected chi connectivity index (χ0v) is 10.2. The molecule has 0 aliphatic carbocycles. The molecule has 1 saturated heterocycles. The van der Waals surface area contributed by atoms with E-state index in [2.05, 4.69) is 6.92 Å². The number of ether oxygens (including phenoxy) is 2. The van der Waals surface area contributed by atoms with Crippen LogP contribution in [0, 0.1) is 0 Å². The predicted molar refractivity (Wildman–Crippen MR) is 62.9 cm³/mol. The van der Waals surface area contributed by atoms with Crippen molar-refractivity contribution in [1.82, 2.24) is 0 Å². The van der Waals surface area contributed by atoms with E-state index in [0.717, 1.165) is 19.6 Å². The van der Waals surface area contributed by atoms with E-state index < -0.39 is 0 Å². The molecule has 1 atom stereocenters. The lowest BCUT2D eigenvalue weighted by molar-refractivity contribution is -0.162. The van der Waals surface area contributed by atoms with E-state index in [-0.39, 0.29) is 6.29 Å². The van der Waals surface area contributed by atoms with Gasteiger partial charge in [0.25, 0.3) is 0 Å². The molecule has 1 fully saturated rings. The van der Waals surface area contributed by atoms with Gasteiger partial charge in [0.1, 0.15) is 0 Å². The molecule has 0 aromatic rings. The van der Waals surface area contributed by atoms with Crippen LogP contribution >= 0.6 is 0 Å². The van der Waals surface area contributed by atoms with Crippen LogP contribution in [0.2, 0.25) is 0 Å². The maximum absolute atomic E-state index is 5.67. The molecule has 0 saturated carbocycles. The Morgan fingerprint density at radius 1 is 1.07 bits per heavy atom. The van der Waals surface area contributed by atoms with Gasteiger partial charge in [0.2, 0.25) is 0 Å². The molecule has 0 amide bonds. The first kappa shape index (κ1) is 13.0. The van der Waals surface area contributed by atoms with Gasteiger partial charge in [0, 0.05) is 13.2 Å². The highest BCUT2D eigenvalue weighted by Gasteiger charge is 2.12. The molecule has 1 heterocycles. The first-order valence-corrected chi connectivity index (χ1v) is 6.66. The van der Waals surface area contributed by atoms with E-state index >= 15 is 0 Å². The zero-order valence-electron chi connectivity index (χ0n) is 10.2. The third-order valence-electron chi connectivity index (χ3n) is 2.94. The Morgan fingerprint density at radius 2 is 1.87 bits per heavy atom. The Kier molecular flexibility index (Phi) is 7.94. The molecule has 0 aromatic carbocycles. The van der Waals surface area contributed by atoms with Gasteiger partial charge >= 0.3 is 0 Å². The van der Waals surface area contributed by atoms with Crippen molar-refractivity contribution in [2.24, 2.45) is 0 Å². The third-order valence-corrected chi connectivity index (χ3v) is 2.94. The van der Waals surface area contributed by atoms with Gasteiger partial charge in [-0.15, -0.1) is 0 Å². The van der Waals surface area contributed by atoms with Gasteiger partial charge in [0.05, 0.1) is 0 Å². The second-order valence-electron chi connectivity index (χ2n) is 4.43. The highest BCUT2D eigenvalue weighted by Crippen LogP contribution is 2.14. The van der Waals surface area contributed by atoms with E-state index in [1.807, 2.05) is 0 Å². The molecular weight excluding hydrogens is 188 g/mol. The largest absolute Gasteiger partial charge is 0.353 e. The van der Waals surface area contributed by atoms with Crippen LogP contribution in [0.3, 0.4) is 0 Å². The highest BCUT2D eigenvalue weighted by atomic mass is 16.7. The van der Waals surface area contributed by atoms with Crippen molar-refractivity contribution in [3.05, 3.63) is 0 Å². The number of hydrogen-bond donors (Lipinski definition) is 0. The van der Waals surface area contributed by atoms with Crippen molar-refractivity contribution in [2.45, 2.75) is 71.0 Å². The minimum absolute atomic E-state index is 0.106. The van der Waals surface area contributed by atoms with Crippen LogP contribution in [0.1, 0.15) is 64.7 Å². The van der Waals surface area contributed by atoms with E-state index in [4.69, 9.17) is 9.47 Å². The average Bonchev–Trinajstić information content (AvgIpc) is 2.29. The lowest BCUT2D eigenvalue weighted by Crippen LogP contribution is -2.22. The molecule has 1 aliphatic heterocycles. The summed E-state index contributed by atoms with van der Waals surface area (Å²) in [5.41, 5.74) is 0. The first-order chi connectivity index (χ1) is 7.43. The van der Waals surface area contributed by atoms with Gasteiger partial charge in [-0.25, -0.2) is 0 Å². The quantitative estimate of drug-likeness (QED) is 0.571. The summed E-state index contributed by atoms with van der Waals surface area (Å²) in [6.45, 7) is 4.03. The van der Waals surface area contributed by atoms with Crippen molar-refractivity contribution < 1.29 is 9.47 Å². The third kappa shape index (κ3) is 6.91. The molecule has 90 valence electrons. The summed E-state index contributed by atoms with van der Waals surface area (Å²) < 4.78 is 11.2. The average molecular weight is 214 g/mol. The van der Waals surface area contributed by atoms with Crippen molar-refractivity contribution in [1.29, 1.82) is 0 Å². The molecular formula is C13H26O2. The van der Waals surface area contributed by atoms with Crippen molar-refractivity contribution in [2.75, 3.05) is 13.2 Å². The summed E-state index contributed by atoms with van der Waals surface area (Å²) in [6, 6.07) is 0. The number of hydrogen-bond acceptors (Lipinski definition) is 2. The van der Waals surface area contributed by atoms with Crippen molar-refractivity contribution in [3.8, 4) is 0 Å². The van der Waals surface area contributed by atoms with E-state index in [0.29, 0.717) is 0 Å². The monoisotopic (exact) mass is 214 g/mol. The Labute approximate surface area is 94.3 Å². The lowest BCUT2D eigenvalue weighted by Gasteiger charge is -2.22. The van der Waals surface area contributed by atoms with Crippen LogP contribution in [-0.2, 0) is 9.47 Å². The summed E-state index contributed by atoms with van der Waals surface area (Å²) in [7, 11) is 0. The van der Waals surface area contributed by atoms with Gasteiger partial charge < -0.3 is 9.47 Å². The van der Waals surface area contributed by atoms with Crippen LogP contribution in [0.5, 0.6) is 0 Å². The Bertz CT molecular complexity index is 130. The van der Waals surface area contributed by atoms with Crippen LogP contribution in [0.4, 0.5) is 0 Å². The van der Waals surface area contributed by atoms with Gasteiger partial charge in [-0.2, -0.15) is 0 Å². The fourth-order valence-corrected chi connectivity index (χ4v) is 1.94. The second-order valence-corrected chi connectivity index (χ2v) is 4.43. The van der Waals surface area contributed by atoms with Gasteiger partial charge in [0.15, 0.2) is 6.29 Å². The van der Waals surface area contributed by atoms with E-state index in [9.17, 15) is 0 Å². The molecule has 0 radical (unpaired) electrons. The SMILES string of the molecule is CCCCCCCCO[C@@H]1CCCCO1. The molecule has 2 heteroatoms. The van der Waals surface area contributed by atoms with E-state index in [1.165, 1.54) is 51.4 Å². The van der Waals surface area contributed by atoms with Gasteiger partial charge in [-0.05, 0) is 25.7 Å². The molecule has 15 heavy (non-hydrogen) atoms. The van der Waals surface area contributed by atoms with Crippen LogP contribution < -0.4 is 0 Å². The second kappa shape index (κ2) is 9.17. The summed E-state index contributed by atoms with van der Waals surface area (Å²) in [6.07, 6.45) is 11.6. The van der Waals surface area contributed by atoms with Gasteiger partial charge in [-0.1, -0.05) is 39.0 Å². The first-order valence-electron chi connectivity index (χ1n) is 6.66. The summed E-state index contributed by atoms with van der Waals surface area (Å²) in [5.74, 6) is 0. The Balaban J connectivity index is 1.79. The molecule has 0 spiro atoms. The molecule has 0 unspecified atom stereocenters.